The Hall–Kier alpha value is -1.78. The molecule has 0 fully saturated rings. The molecule has 3 nitrogen and oxygen atoms in total. The maximum absolute atomic E-state index is 13.7. The van der Waals surface area contributed by atoms with Crippen LogP contribution in [0.3, 0.4) is 0 Å². The van der Waals surface area contributed by atoms with E-state index in [1.165, 1.54) is 6.07 Å². The number of hydrogen-bond donors (Lipinski definition) is 1. The van der Waals surface area contributed by atoms with E-state index in [0.717, 1.165) is 18.5 Å². The fourth-order valence-electron chi connectivity index (χ4n) is 3.44. The molecule has 0 bridgehead atoms. The van der Waals surface area contributed by atoms with Crippen molar-refractivity contribution < 1.29 is 13.9 Å². The average molecular weight is 410 g/mol. The molecule has 0 aromatic heterocycles. The molecule has 0 radical (unpaired) electrons. The lowest BCUT2D eigenvalue weighted by Crippen LogP contribution is -2.41. The van der Waals surface area contributed by atoms with Gasteiger partial charge >= 0.3 is 0 Å². The molecule has 0 aliphatic carbocycles. The third kappa shape index (κ3) is 7.69. The molecule has 156 valence electrons. The minimum absolute atomic E-state index is 0. The highest BCUT2D eigenvalue weighted by Gasteiger charge is 2.24. The zero-order chi connectivity index (χ0) is 20.1. The quantitative estimate of drug-likeness (QED) is 0.568. The summed E-state index contributed by atoms with van der Waals surface area (Å²) >= 11 is 0. The Morgan fingerprint density at radius 1 is 0.964 bits per heavy atom. The first kappa shape index (κ1) is 24.3. The first-order valence-electron chi connectivity index (χ1n) is 9.38. The zero-order valence-corrected chi connectivity index (χ0v) is 18.6. The molecule has 0 atom stereocenters. The van der Waals surface area contributed by atoms with Gasteiger partial charge in [-0.15, -0.1) is 12.4 Å². The Bertz CT molecular complexity index is 757. The van der Waals surface area contributed by atoms with Gasteiger partial charge in [0, 0.05) is 17.6 Å². The van der Waals surface area contributed by atoms with Crippen LogP contribution in [0.1, 0.15) is 52.2 Å². The molecule has 28 heavy (non-hydrogen) atoms. The Balaban J connectivity index is 0.00000392. The molecule has 2 aromatic carbocycles. The van der Waals surface area contributed by atoms with Crippen LogP contribution < -0.4 is 14.8 Å². The molecule has 0 unspecified atom stereocenters. The third-order valence-corrected chi connectivity index (χ3v) is 4.31. The van der Waals surface area contributed by atoms with Gasteiger partial charge in [0.05, 0.1) is 7.11 Å². The fraction of sp³-hybridized carbons (Fsp3) is 0.478. The van der Waals surface area contributed by atoms with E-state index >= 15 is 0 Å². The van der Waals surface area contributed by atoms with E-state index in [0.29, 0.717) is 17.1 Å². The van der Waals surface area contributed by atoms with Crippen LogP contribution in [-0.2, 0) is 13.2 Å². The summed E-state index contributed by atoms with van der Waals surface area (Å²) in [5, 5.41) is 3.62. The standard InChI is InChI=1S/C23H32FNO2.ClH/c1-22(2,3)16-23(4,5)25-14-17-11-12-20(21(13-17)26-6)27-15-18-9-7-8-10-19(18)24;/h7-13,25H,14-16H2,1-6H3;1H. The summed E-state index contributed by atoms with van der Waals surface area (Å²) in [6, 6.07) is 12.5. The van der Waals surface area contributed by atoms with Crippen LogP contribution in [0.2, 0.25) is 0 Å². The SMILES string of the molecule is COc1cc(CNC(C)(C)CC(C)(C)C)ccc1OCc1ccccc1F.Cl. The smallest absolute Gasteiger partial charge is 0.161 e. The highest BCUT2D eigenvalue weighted by Crippen LogP contribution is 2.30. The van der Waals surface area contributed by atoms with E-state index in [1.54, 1.807) is 25.3 Å². The Morgan fingerprint density at radius 2 is 1.64 bits per heavy atom. The molecule has 0 saturated heterocycles. The number of halogens is 2. The number of ether oxygens (including phenoxy) is 2. The molecule has 5 heteroatoms. The van der Waals surface area contributed by atoms with Crippen LogP contribution in [0.25, 0.3) is 0 Å². The van der Waals surface area contributed by atoms with Crippen LogP contribution in [0.4, 0.5) is 4.39 Å². The van der Waals surface area contributed by atoms with Gasteiger partial charge in [-0.2, -0.15) is 0 Å². The summed E-state index contributed by atoms with van der Waals surface area (Å²) in [6.07, 6.45) is 1.07. The average Bonchev–Trinajstić information content (AvgIpc) is 2.57. The predicted octanol–water partition coefficient (Wildman–Crippen LogP) is 6.14. The molecular formula is C23H33ClFNO2. The number of rotatable bonds is 8. The predicted molar refractivity (Wildman–Crippen MR) is 116 cm³/mol. The Kier molecular flexibility index (Phi) is 8.77. The Morgan fingerprint density at radius 3 is 2.25 bits per heavy atom. The molecule has 0 heterocycles. The van der Waals surface area contributed by atoms with Crippen LogP contribution in [0.5, 0.6) is 11.5 Å². The number of nitrogens with one attached hydrogen (secondary N) is 1. The summed E-state index contributed by atoms with van der Waals surface area (Å²) in [5.41, 5.74) is 1.94. The van der Waals surface area contributed by atoms with E-state index in [2.05, 4.69) is 39.9 Å². The molecule has 0 aliphatic rings. The van der Waals surface area contributed by atoms with Gasteiger partial charge in [0.2, 0.25) is 0 Å². The second-order valence-corrected chi connectivity index (χ2v) is 8.84. The molecule has 2 rings (SSSR count). The van der Waals surface area contributed by atoms with Crippen molar-refractivity contribution in [2.24, 2.45) is 5.41 Å². The summed E-state index contributed by atoms with van der Waals surface area (Å²) in [7, 11) is 1.62. The van der Waals surface area contributed by atoms with Crippen molar-refractivity contribution in [1.82, 2.24) is 5.32 Å². The lowest BCUT2D eigenvalue weighted by molar-refractivity contribution is 0.240. The van der Waals surface area contributed by atoms with Gasteiger partial charge in [-0.05, 0) is 49.4 Å². The summed E-state index contributed by atoms with van der Waals surface area (Å²) in [6.45, 7) is 12.1. The number of benzene rings is 2. The van der Waals surface area contributed by atoms with E-state index in [9.17, 15) is 4.39 Å². The highest BCUT2D eigenvalue weighted by atomic mass is 35.5. The van der Waals surface area contributed by atoms with Crippen molar-refractivity contribution in [2.75, 3.05) is 7.11 Å². The molecule has 0 aliphatic heterocycles. The molecule has 0 saturated carbocycles. The van der Waals surface area contributed by atoms with Gasteiger partial charge in [-0.25, -0.2) is 4.39 Å². The minimum Gasteiger partial charge on any atom is -0.493 e. The van der Waals surface area contributed by atoms with E-state index in [4.69, 9.17) is 9.47 Å². The first-order valence-corrected chi connectivity index (χ1v) is 9.38. The van der Waals surface area contributed by atoms with E-state index in [1.807, 2.05) is 18.2 Å². The topological polar surface area (TPSA) is 30.5 Å². The molecule has 2 aromatic rings. The highest BCUT2D eigenvalue weighted by molar-refractivity contribution is 5.85. The van der Waals surface area contributed by atoms with Crippen molar-refractivity contribution >= 4 is 12.4 Å². The van der Waals surface area contributed by atoms with E-state index < -0.39 is 0 Å². The fourth-order valence-corrected chi connectivity index (χ4v) is 3.44. The Labute approximate surface area is 175 Å². The van der Waals surface area contributed by atoms with Gasteiger partial charge in [0.1, 0.15) is 12.4 Å². The van der Waals surface area contributed by atoms with E-state index in [-0.39, 0.29) is 35.8 Å². The molecule has 0 amide bonds. The van der Waals surface area contributed by atoms with Gasteiger partial charge < -0.3 is 14.8 Å². The van der Waals surface area contributed by atoms with Gasteiger partial charge in [0.25, 0.3) is 0 Å². The molecular weight excluding hydrogens is 377 g/mol. The van der Waals surface area contributed by atoms with Crippen molar-refractivity contribution in [2.45, 2.75) is 59.7 Å². The molecule has 0 spiro atoms. The molecule has 1 N–H and O–H groups in total. The number of methoxy groups -OCH3 is 1. The minimum atomic E-state index is -0.265. The maximum Gasteiger partial charge on any atom is 0.161 e. The van der Waals surface area contributed by atoms with Crippen molar-refractivity contribution in [3.05, 3.63) is 59.4 Å². The summed E-state index contributed by atoms with van der Waals surface area (Å²) < 4.78 is 25.0. The normalized spacial score (nSPS) is 11.7. The first-order chi connectivity index (χ1) is 12.6. The summed E-state index contributed by atoms with van der Waals surface area (Å²) in [4.78, 5) is 0. The lowest BCUT2D eigenvalue weighted by Gasteiger charge is -2.33. The number of hydrogen-bond acceptors (Lipinski definition) is 3. The van der Waals surface area contributed by atoms with Crippen LogP contribution >= 0.6 is 12.4 Å². The van der Waals surface area contributed by atoms with Crippen LogP contribution in [-0.4, -0.2) is 12.6 Å². The maximum atomic E-state index is 13.7. The largest absolute Gasteiger partial charge is 0.493 e. The van der Waals surface area contributed by atoms with Gasteiger partial charge in [-0.1, -0.05) is 45.0 Å². The zero-order valence-electron chi connectivity index (χ0n) is 17.8. The lowest BCUT2D eigenvalue weighted by atomic mass is 9.82. The third-order valence-electron chi connectivity index (χ3n) is 4.31. The van der Waals surface area contributed by atoms with Gasteiger partial charge in [0.15, 0.2) is 11.5 Å². The summed E-state index contributed by atoms with van der Waals surface area (Å²) in [5.74, 6) is 0.996. The second kappa shape index (κ2) is 10.1. The van der Waals surface area contributed by atoms with Crippen molar-refractivity contribution in [1.29, 1.82) is 0 Å². The van der Waals surface area contributed by atoms with Gasteiger partial charge in [-0.3, -0.25) is 0 Å². The van der Waals surface area contributed by atoms with Crippen molar-refractivity contribution in [3.63, 3.8) is 0 Å². The van der Waals surface area contributed by atoms with Crippen LogP contribution in [0, 0.1) is 11.2 Å². The van der Waals surface area contributed by atoms with Crippen LogP contribution in [0.15, 0.2) is 42.5 Å². The second-order valence-electron chi connectivity index (χ2n) is 8.84. The monoisotopic (exact) mass is 409 g/mol. The van der Waals surface area contributed by atoms with Crippen molar-refractivity contribution in [3.8, 4) is 11.5 Å².